The summed E-state index contributed by atoms with van der Waals surface area (Å²) in [5.74, 6) is 0.417. The number of nitrogens with one attached hydrogen (secondary N) is 1. The van der Waals surface area contributed by atoms with Crippen LogP contribution in [0.3, 0.4) is 0 Å². The van der Waals surface area contributed by atoms with E-state index in [0.717, 1.165) is 42.5 Å². The number of sulfonamides is 1. The van der Waals surface area contributed by atoms with Crippen LogP contribution in [0.4, 0.5) is 5.69 Å². The third kappa shape index (κ3) is 3.82. The first-order valence-electron chi connectivity index (χ1n) is 9.03. The van der Waals surface area contributed by atoms with Gasteiger partial charge in [-0.2, -0.15) is 0 Å². The molecule has 5 nitrogen and oxygen atoms in total. The second-order valence-electron chi connectivity index (χ2n) is 7.28. The van der Waals surface area contributed by atoms with Crippen molar-refractivity contribution in [1.29, 1.82) is 0 Å². The lowest BCUT2D eigenvalue weighted by atomic mass is 9.99. The Hall–Kier alpha value is -2.05. The van der Waals surface area contributed by atoms with Crippen LogP contribution in [0.2, 0.25) is 5.02 Å². The number of aryl methyl sites for hydroxylation is 1. The van der Waals surface area contributed by atoms with Crippen LogP contribution in [0.1, 0.15) is 29.5 Å². The second kappa shape index (κ2) is 6.84. The van der Waals surface area contributed by atoms with Gasteiger partial charge in [-0.05, 0) is 67.1 Å². The Balaban J connectivity index is 1.55. The monoisotopic (exact) mass is 404 g/mol. The van der Waals surface area contributed by atoms with Crippen molar-refractivity contribution in [2.75, 3.05) is 11.3 Å². The Morgan fingerprint density at radius 1 is 1.15 bits per heavy atom. The Labute approximate surface area is 164 Å². The summed E-state index contributed by atoms with van der Waals surface area (Å²) in [5, 5.41) is 0.414. The highest BCUT2D eigenvalue weighted by Gasteiger charge is 2.34. The minimum Gasteiger partial charge on any atom is -0.338 e. The molecule has 0 bridgehead atoms. The minimum atomic E-state index is -3.73. The summed E-state index contributed by atoms with van der Waals surface area (Å²) >= 11 is 6.06. The molecule has 2 aromatic rings. The maximum absolute atomic E-state index is 12.7. The van der Waals surface area contributed by atoms with Gasteiger partial charge in [-0.15, -0.1) is 0 Å². The zero-order chi connectivity index (χ0) is 19.2. The normalized spacial score (nSPS) is 16.7. The van der Waals surface area contributed by atoms with Gasteiger partial charge >= 0.3 is 0 Å². The first-order chi connectivity index (χ1) is 12.8. The molecule has 0 unspecified atom stereocenters. The summed E-state index contributed by atoms with van der Waals surface area (Å²) in [6, 6.07) is 10.2. The fourth-order valence-electron chi connectivity index (χ4n) is 3.35. The van der Waals surface area contributed by atoms with Crippen LogP contribution in [0.5, 0.6) is 0 Å². The number of hydrogen-bond donors (Lipinski definition) is 1. The van der Waals surface area contributed by atoms with Gasteiger partial charge < -0.3 is 4.90 Å². The van der Waals surface area contributed by atoms with Gasteiger partial charge in [-0.1, -0.05) is 23.7 Å². The minimum absolute atomic E-state index is 0.126. The quantitative estimate of drug-likeness (QED) is 0.843. The van der Waals surface area contributed by atoms with Crippen LogP contribution in [-0.2, 0) is 27.8 Å². The van der Waals surface area contributed by atoms with E-state index >= 15 is 0 Å². The Bertz CT molecular complexity index is 1020. The van der Waals surface area contributed by atoms with E-state index in [-0.39, 0.29) is 16.7 Å². The van der Waals surface area contributed by atoms with E-state index < -0.39 is 10.0 Å². The van der Waals surface area contributed by atoms with Crippen LogP contribution in [0.15, 0.2) is 41.3 Å². The van der Waals surface area contributed by atoms with E-state index in [1.165, 1.54) is 12.1 Å². The highest BCUT2D eigenvalue weighted by atomic mass is 35.5. The van der Waals surface area contributed by atoms with Gasteiger partial charge in [-0.25, -0.2) is 8.42 Å². The van der Waals surface area contributed by atoms with Gasteiger partial charge in [0, 0.05) is 29.7 Å². The molecule has 1 heterocycles. The van der Waals surface area contributed by atoms with E-state index in [1.54, 1.807) is 12.1 Å². The Morgan fingerprint density at radius 3 is 2.63 bits per heavy atom. The van der Waals surface area contributed by atoms with E-state index in [0.29, 0.717) is 17.3 Å². The van der Waals surface area contributed by atoms with Crippen LogP contribution in [0, 0.1) is 12.8 Å². The second-order valence-corrected chi connectivity index (χ2v) is 9.37. The van der Waals surface area contributed by atoms with Crippen LogP contribution < -0.4 is 4.72 Å². The first-order valence-corrected chi connectivity index (χ1v) is 10.9. The number of carbonyl (C=O) groups is 1. The van der Waals surface area contributed by atoms with Crippen molar-refractivity contribution in [1.82, 2.24) is 4.90 Å². The fraction of sp³-hybridized carbons (Fsp3) is 0.350. The van der Waals surface area contributed by atoms with Crippen molar-refractivity contribution >= 4 is 33.2 Å². The van der Waals surface area contributed by atoms with Crippen LogP contribution in [-0.4, -0.2) is 25.8 Å². The molecule has 2 aromatic carbocycles. The average molecular weight is 405 g/mol. The zero-order valence-electron chi connectivity index (χ0n) is 15.0. The summed E-state index contributed by atoms with van der Waals surface area (Å²) in [7, 11) is -3.73. The molecule has 7 heteroatoms. The van der Waals surface area contributed by atoms with Gasteiger partial charge in [0.1, 0.15) is 0 Å². The highest BCUT2D eigenvalue weighted by molar-refractivity contribution is 7.92. The highest BCUT2D eigenvalue weighted by Crippen LogP contribution is 2.33. The molecule has 27 heavy (non-hydrogen) atoms. The van der Waals surface area contributed by atoms with Crippen molar-refractivity contribution < 1.29 is 13.2 Å². The fourth-order valence-corrected chi connectivity index (χ4v) is 4.67. The van der Waals surface area contributed by atoms with Crippen molar-refractivity contribution in [2.24, 2.45) is 5.92 Å². The summed E-state index contributed by atoms with van der Waals surface area (Å²) in [4.78, 5) is 14.3. The molecule has 0 atom stereocenters. The smallest absolute Gasteiger partial charge is 0.261 e. The first kappa shape index (κ1) is 18.3. The van der Waals surface area contributed by atoms with Crippen molar-refractivity contribution in [2.45, 2.75) is 37.6 Å². The lowest BCUT2D eigenvalue weighted by Gasteiger charge is -2.29. The summed E-state index contributed by atoms with van der Waals surface area (Å²) in [6.07, 6.45) is 2.77. The van der Waals surface area contributed by atoms with Gasteiger partial charge in [0.2, 0.25) is 5.91 Å². The Morgan fingerprint density at radius 2 is 1.93 bits per heavy atom. The summed E-state index contributed by atoms with van der Waals surface area (Å²) < 4.78 is 28.0. The standard InChI is InChI=1S/C20H21ClN2O3S/c1-13-2-7-18(11-19(13)21)27(25,26)22-17-6-5-14-8-9-23(12-16(14)10-17)20(24)15-3-4-15/h2,5-7,10-11,15,22H,3-4,8-9,12H2,1H3. The molecular weight excluding hydrogens is 384 g/mol. The van der Waals surface area contributed by atoms with Crippen LogP contribution in [0.25, 0.3) is 0 Å². The topological polar surface area (TPSA) is 66.5 Å². The largest absolute Gasteiger partial charge is 0.338 e. The molecule has 1 aliphatic heterocycles. The van der Waals surface area contributed by atoms with Crippen LogP contribution >= 0.6 is 11.6 Å². The molecule has 1 fully saturated rings. The maximum atomic E-state index is 12.7. The predicted octanol–water partition coefficient (Wildman–Crippen LogP) is 3.74. The molecule has 0 aromatic heterocycles. The number of fused-ring (bicyclic) bond motifs is 1. The van der Waals surface area contributed by atoms with Crippen molar-refractivity contribution in [3.05, 3.63) is 58.1 Å². The lowest BCUT2D eigenvalue weighted by Crippen LogP contribution is -2.36. The lowest BCUT2D eigenvalue weighted by molar-refractivity contribution is -0.133. The molecule has 0 radical (unpaired) electrons. The molecular formula is C20H21ClN2O3S. The number of anilines is 1. The molecule has 1 amide bonds. The van der Waals surface area contributed by atoms with Gasteiger partial charge in [-0.3, -0.25) is 9.52 Å². The van der Waals surface area contributed by atoms with Crippen molar-refractivity contribution in [3.8, 4) is 0 Å². The molecule has 0 spiro atoms. The number of benzene rings is 2. The SMILES string of the molecule is Cc1ccc(S(=O)(=O)Nc2ccc3c(c2)CN(C(=O)C2CC2)CC3)cc1Cl. The maximum Gasteiger partial charge on any atom is 0.261 e. The van der Waals surface area contributed by atoms with Crippen molar-refractivity contribution in [3.63, 3.8) is 0 Å². The van der Waals surface area contributed by atoms with Gasteiger partial charge in [0.15, 0.2) is 0 Å². The molecule has 4 rings (SSSR count). The number of carbonyl (C=O) groups excluding carboxylic acids is 1. The molecule has 1 saturated carbocycles. The summed E-state index contributed by atoms with van der Waals surface area (Å²) in [6.45, 7) is 3.09. The van der Waals surface area contributed by atoms with E-state index in [2.05, 4.69) is 4.72 Å². The predicted molar refractivity (Wildman–Crippen MR) is 105 cm³/mol. The molecule has 142 valence electrons. The summed E-state index contributed by atoms with van der Waals surface area (Å²) in [5.41, 5.74) is 3.48. The number of halogens is 1. The molecule has 0 saturated heterocycles. The third-order valence-corrected chi connectivity index (χ3v) is 6.95. The number of rotatable bonds is 4. The number of amides is 1. The third-order valence-electron chi connectivity index (χ3n) is 5.16. The average Bonchev–Trinajstić information content (AvgIpc) is 3.47. The van der Waals surface area contributed by atoms with E-state index in [1.807, 2.05) is 24.0 Å². The van der Waals surface area contributed by atoms with Gasteiger partial charge in [0.05, 0.1) is 4.90 Å². The van der Waals surface area contributed by atoms with Gasteiger partial charge in [0.25, 0.3) is 10.0 Å². The molecule has 1 aliphatic carbocycles. The van der Waals surface area contributed by atoms with E-state index in [4.69, 9.17) is 11.6 Å². The number of nitrogens with zero attached hydrogens (tertiary/aromatic N) is 1. The number of hydrogen-bond acceptors (Lipinski definition) is 3. The molecule has 1 N–H and O–H groups in total. The zero-order valence-corrected chi connectivity index (χ0v) is 16.6. The molecule has 2 aliphatic rings. The van der Waals surface area contributed by atoms with E-state index in [9.17, 15) is 13.2 Å². The Kier molecular flexibility index (Phi) is 4.64.